The van der Waals surface area contributed by atoms with Crippen LogP contribution in [-0.4, -0.2) is 20.8 Å². The highest BCUT2D eigenvalue weighted by molar-refractivity contribution is 5.71. The largest absolute Gasteiger partial charge is 0.497 e. The zero-order valence-electron chi connectivity index (χ0n) is 13.1. The van der Waals surface area contributed by atoms with E-state index < -0.39 is 0 Å². The maximum atomic E-state index is 5.47. The van der Waals surface area contributed by atoms with Crippen molar-refractivity contribution in [1.82, 2.24) is 5.32 Å². The van der Waals surface area contributed by atoms with E-state index in [0.29, 0.717) is 6.04 Å². The molecular weight excluding hydrogens is 262 g/mol. The summed E-state index contributed by atoms with van der Waals surface area (Å²) in [6.45, 7) is 5.26. The minimum absolute atomic E-state index is 0.363. The van der Waals surface area contributed by atoms with E-state index in [-0.39, 0.29) is 0 Å². The number of benzene rings is 2. The van der Waals surface area contributed by atoms with Crippen molar-refractivity contribution in [2.75, 3.05) is 20.8 Å². The molecule has 0 aliphatic rings. The van der Waals surface area contributed by atoms with Gasteiger partial charge in [0, 0.05) is 17.7 Å². The molecule has 2 rings (SSSR count). The van der Waals surface area contributed by atoms with Crippen LogP contribution in [0.25, 0.3) is 11.1 Å². The lowest BCUT2D eigenvalue weighted by Gasteiger charge is -2.14. The molecule has 1 unspecified atom stereocenters. The lowest BCUT2D eigenvalue weighted by atomic mass is 10.0. The van der Waals surface area contributed by atoms with Gasteiger partial charge in [-0.2, -0.15) is 0 Å². The highest BCUT2D eigenvalue weighted by Gasteiger charge is 2.09. The van der Waals surface area contributed by atoms with Gasteiger partial charge >= 0.3 is 0 Å². The van der Waals surface area contributed by atoms with E-state index in [2.05, 4.69) is 43.4 Å². The van der Waals surface area contributed by atoms with Crippen LogP contribution in [0.4, 0.5) is 0 Å². The summed E-state index contributed by atoms with van der Waals surface area (Å²) in [6, 6.07) is 14.8. The first-order chi connectivity index (χ1) is 10.2. The van der Waals surface area contributed by atoms with Gasteiger partial charge in [0.1, 0.15) is 11.5 Å². The minimum Gasteiger partial charge on any atom is -0.497 e. The smallest absolute Gasteiger partial charge is 0.130 e. The van der Waals surface area contributed by atoms with E-state index in [9.17, 15) is 0 Å². The molecule has 3 nitrogen and oxygen atoms in total. The lowest BCUT2D eigenvalue weighted by molar-refractivity contribution is 0.395. The molecule has 1 atom stereocenters. The van der Waals surface area contributed by atoms with Crippen LogP contribution in [-0.2, 0) is 0 Å². The Bertz CT molecular complexity index is 578. The zero-order valence-corrected chi connectivity index (χ0v) is 13.1. The first-order valence-corrected chi connectivity index (χ1v) is 7.25. The fourth-order valence-corrected chi connectivity index (χ4v) is 2.41. The Kier molecular flexibility index (Phi) is 5.23. The predicted octanol–water partition coefficient (Wildman–Crippen LogP) is 4.04. The van der Waals surface area contributed by atoms with Crippen molar-refractivity contribution >= 4 is 0 Å². The summed E-state index contributed by atoms with van der Waals surface area (Å²) < 4.78 is 10.7. The molecule has 2 aromatic rings. The second-order valence-corrected chi connectivity index (χ2v) is 4.97. The van der Waals surface area contributed by atoms with Crippen molar-refractivity contribution in [3.05, 3.63) is 48.0 Å². The van der Waals surface area contributed by atoms with Gasteiger partial charge in [-0.05, 0) is 36.7 Å². The van der Waals surface area contributed by atoms with E-state index in [4.69, 9.17) is 9.47 Å². The number of nitrogens with one attached hydrogen (secondary N) is 1. The number of hydrogen-bond donors (Lipinski definition) is 1. The van der Waals surface area contributed by atoms with Crippen molar-refractivity contribution in [2.24, 2.45) is 0 Å². The number of hydrogen-bond acceptors (Lipinski definition) is 3. The summed E-state index contributed by atoms with van der Waals surface area (Å²) in [5, 5.41) is 3.42. The van der Waals surface area contributed by atoms with Gasteiger partial charge in [-0.3, -0.25) is 0 Å². The van der Waals surface area contributed by atoms with E-state index in [1.165, 1.54) is 5.56 Å². The molecule has 2 aromatic carbocycles. The molecule has 3 heteroatoms. The van der Waals surface area contributed by atoms with Crippen molar-refractivity contribution in [3.8, 4) is 22.6 Å². The van der Waals surface area contributed by atoms with Crippen LogP contribution < -0.4 is 14.8 Å². The normalized spacial score (nSPS) is 12.0. The van der Waals surface area contributed by atoms with Crippen LogP contribution in [0.1, 0.15) is 25.5 Å². The highest BCUT2D eigenvalue weighted by atomic mass is 16.5. The number of methoxy groups -OCH3 is 2. The van der Waals surface area contributed by atoms with Crippen molar-refractivity contribution in [1.29, 1.82) is 0 Å². The molecule has 0 aliphatic carbocycles. The van der Waals surface area contributed by atoms with Crippen LogP contribution in [0.15, 0.2) is 42.5 Å². The monoisotopic (exact) mass is 285 g/mol. The average Bonchev–Trinajstić information content (AvgIpc) is 2.54. The Balaban J connectivity index is 2.30. The molecule has 0 heterocycles. The molecule has 0 amide bonds. The lowest BCUT2D eigenvalue weighted by Crippen LogP contribution is -2.17. The fraction of sp³-hybridized carbons (Fsp3) is 0.333. The quantitative estimate of drug-likeness (QED) is 0.869. The minimum atomic E-state index is 0.363. The van der Waals surface area contributed by atoms with Crippen molar-refractivity contribution in [2.45, 2.75) is 19.9 Å². The summed E-state index contributed by atoms with van der Waals surface area (Å²) >= 11 is 0. The third-order valence-corrected chi connectivity index (χ3v) is 3.64. The molecular formula is C18H23NO2. The van der Waals surface area contributed by atoms with Gasteiger partial charge in [-0.15, -0.1) is 0 Å². The molecule has 112 valence electrons. The Hall–Kier alpha value is -2.00. The summed E-state index contributed by atoms with van der Waals surface area (Å²) in [5.41, 5.74) is 3.50. The predicted molar refractivity (Wildman–Crippen MR) is 87.1 cm³/mol. The topological polar surface area (TPSA) is 30.5 Å². The number of ether oxygens (including phenoxy) is 2. The fourth-order valence-electron chi connectivity index (χ4n) is 2.41. The van der Waals surface area contributed by atoms with E-state index in [0.717, 1.165) is 29.2 Å². The molecule has 1 N–H and O–H groups in total. The van der Waals surface area contributed by atoms with Crippen LogP contribution >= 0.6 is 0 Å². The maximum absolute atomic E-state index is 5.47. The first-order valence-electron chi connectivity index (χ1n) is 7.25. The summed E-state index contributed by atoms with van der Waals surface area (Å²) in [7, 11) is 3.34. The molecule has 0 fully saturated rings. The third kappa shape index (κ3) is 3.56. The third-order valence-electron chi connectivity index (χ3n) is 3.64. The second-order valence-electron chi connectivity index (χ2n) is 4.97. The Morgan fingerprint density at radius 3 is 2.29 bits per heavy atom. The Labute approximate surface area is 126 Å². The van der Waals surface area contributed by atoms with E-state index in [1.54, 1.807) is 14.2 Å². The van der Waals surface area contributed by atoms with Crippen LogP contribution in [0, 0.1) is 0 Å². The SMILES string of the molecule is CCNC(C)c1ccc(-c2ccc(OC)cc2OC)cc1. The summed E-state index contributed by atoms with van der Waals surface area (Å²) in [6.07, 6.45) is 0. The van der Waals surface area contributed by atoms with Gasteiger partial charge in [0.2, 0.25) is 0 Å². The molecule has 0 saturated carbocycles. The molecule has 0 bridgehead atoms. The van der Waals surface area contributed by atoms with Gasteiger partial charge in [0.05, 0.1) is 14.2 Å². The van der Waals surface area contributed by atoms with Crippen molar-refractivity contribution < 1.29 is 9.47 Å². The standard InChI is InChI=1S/C18H23NO2/c1-5-19-13(2)14-6-8-15(9-7-14)17-11-10-16(20-3)12-18(17)21-4/h6-13,19H,5H2,1-4H3. The maximum Gasteiger partial charge on any atom is 0.130 e. The first kappa shape index (κ1) is 15.4. The summed E-state index contributed by atoms with van der Waals surface area (Å²) in [5.74, 6) is 1.62. The molecule has 0 radical (unpaired) electrons. The molecule has 0 aromatic heterocycles. The van der Waals surface area contributed by atoms with Gasteiger partial charge < -0.3 is 14.8 Å². The average molecular weight is 285 g/mol. The Morgan fingerprint density at radius 1 is 1.00 bits per heavy atom. The van der Waals surface area contributed by atoms with Crippen LogP contribution in [0.5, 0.6) is 11.5 Å². The second kappa shape index (κ2) is 7.14. The molecule has 0 spiro atoms. The van der Waals surface area contributed by atoms with E-state index >= 15 is 0 Å². The zero-order chi connectivity index (χ0) is 15.2. The Morgan fingerprint density at radius 2 is 1.71 bits per heavy atom. The van der Waals surface area contributed by atoms with Crippen LogP contribution in [0.2, 0.25) is 0 Å². The number of rotatable bonds is 6. The van der Waals surface area contributed by atoms with Crippen molar-refractivity contribution in [3.63, 3.8) is 0 Å². The molecule has 21 heavy (non-hydrogen) atoms. The summed E-state index contributed by atoms with van der Waals surface area (Å²) in [4.78, 5) is 0. The van der Waals surface area contributed by atoms with Gasteiger partial charge in [0.25, 0.3) is 0 Å². The van der Waals surface area contributed by atoms with Gasteiger partial charge in [0.15, 0.2) is 0 Å². The van der Waals surface area contributed by atoms with Gasteiger partial charge in [-0.1, -0.05) is 31.2 Å². The molecule has 0 aliphatic heterocycles. The highest BCUT2D eigenvalue weighted by Crippen LogP contribution is 2.33. The van der Waals surface area contributed by atoms with Crippen LogP contribution in [0.3, 0.4) is 0 Å². The van der Waals surface area contributed by atoms with E-state index in [1.807, 2.05) is 18.2 Å². The molecule has 0 saturated heterocycles. The van der Waals surface area contributed by atoms with Gasteiger partial charge in [-0.25, -0.2) is 0 Å².